The van der Waals surface area contributed by atoms with Gasteiger partial charge in [-0.05, 0) is 49.9 Å². The molecule has 0 heterocycles. The third kappa shape index (κ3) is 2.15. The van der Waals surface area contributed by atoms with Crippen LogP contribution in [0, 0.1) is 22.7 Å². The topological polar surface area (TPSA) is 98.0 Å². The first-order valence-corrected chi connectivity index (χ1v) is 9.81. The molecule has 3 fully saturated rings. The minimum absolute atomic E-state index is 0.0258. The van der Waals surface area contributed by atoms with Crippen molar-refractivity contribution in [3.63, 3.8) is 0 Å². The van der Waals surface area contributed by atoms with Crippen LogP contribution in [-0.4, -0.2) is 50.6 Å². The van der Waals surface area contributed by atoms with Crippen molar-refractivity contribution in [1.29, 1.82) is 0 Å². The van der Waals surface area contributed by atoms with Crippen LogP contribution in [0.2, 0.25) is 0 Å². The molecule has 0 saturated heterocycles. The maximum Gasteiger partial charge on any atom is 0.190 e. The van der Waals surface area contributed by atoms with Gasteiger partial charge in [-0.3, -0.25) is 4.79 Å². The lowest BCUT2D eigenvalue weighted by Gasteiger charge is -2.57. The first-order valence-electron chi connectivity index (χ1n) is 9.81. The summed E-state index contributed by atoms with van der Waals surface area (Å²) in [6.45, 7) is 3.41. The van der Waals surface area contributed by atoms with E-state index in [4.69, 9.17) is 0 Å². The zero-order valence-electron chi connectivity index (χ0n) is 15.6. The van der Waals surface area contributed by atoms with E-state index in [0.29, 0.717) is 25.7 Å². The molecule has 4 aliphatic rings. The second kappa shape index (κ2) is 5.74. The Kier molecular flexibility index (Phi) is 4.05. The fourth-order valence-electron chi connectivity index (χ4n) is 6.71. The molecular weight excluding hydrogens is 332 g/mol. The third-order valence-electron chi connectivity index (χ3n) is 8.24. The van der Waals surface area contributed by atoms with Crippen molar-refractivity contribution in [2.45, 2.75) is 70.2 Å². The Bertz CT molecular complexity index is 697. The van der Waals surface area contributed by atoms with Crippen molar-refractivity contribution >= 4 is 5.78 Å². The normalized spacial score (nSPS) is 50.2. The number of aliphatic hydroxyl groups excluding tert-OH is 3. The second-order valence-corrected chi connectivity index (χ2v) is 9.37. The molecule has 4 rings (SSSR count). The number of allylic oxidation sites excluding steroid dienone is 2. The highest BCUT2D eigenvalue weighted by atomic mass is 16.3. The molecule has 0 radical (unpaired) electrons. The van der Waals surface area contributed by atoms with Crippen molar-refractivity contribution in [2.75, 3.05) is 6.61 Å². The summed E-state index contributed by atoms with van der Waals surface area (Å²) in [5, 5.41) is 41.7. The predicted octanol–water partition coefficient (Wildman–Crippen LogP) is 1.49. The number of carbonyl (C=O) groups is 1. The summed E-state index contributed by atoms with van der Waals surface area (Å²) in [6.07, 6.45) is 6.80. The summed E-state index contributed by atoms with van der Waals surface area (Å²) >= 11 is 0. The zero-order chi connectivity index (χ0) is 18.9. The van der Waals surface area contributed by atoms with Gasteiger partial charge in [-0.25, -0.2) is 0 Å². The Hall–Kier alpha value is -1.01. The number of rotatable bonds is 2. The maximum absolute atomic E-state index is 12.3. The van der Waals surface area contributed by atoms with E-state index < -0.39 is 29.5 Å². The average Bonchev–Trinajstić information content (AvgIpc) is 2.86. The molecule has 7 atom stereocenters. The molecule has 0 aromatic carbocycles. The summed E-state index contributed by atoms with van der Waals surface area (Å²) in [7, 11) is 0. The number of carbonyl (C=O) groups excluding carboxylic acids is 1. The van der Waals surface area contributed by atoms with Gasteiger partial charge in [-0.15, -0.1) is 0 Å². The molecular formula is C21H30O5. The molecule has 0 aromatic heterocycles. The van der Waals surface area contributed by atoms with Gasteiger partial charge in [0, 0.05) is 11.3 Å². The van der Waals surface area contributed by atoms with E-state index in [1.54, 1.807) is 0 Å². The standard InChI is InChI=1S/C21H30O5/c1-19-7-5-13(23)9-12(19)3-4-14-15-6-8-21(26,17(25)11-22)20(15,2)10-16(24)18(14)19/h3-4,13,15-16,18,22-24,26H,5-11H2,1-2H3/t13-,15-,16+,18+,19-,20-,21+/m0/s1. The number of Topliss-reactive ketones (excluding diaryl/α,β-unsaturated/α-hetero) is 1. The smallest absolute Gasteiger partial charge is 0.190 e. The van der Waals surface area contributed by atoms with E-state index in [1.807, 2.05) is 6.92 Å². The van der Waals surface area contributed by atoms with Crippen LogP contribution in [-0.2, 0) is 4.79 Å². The lowest BCUT2D eigenvalue weighted by molar-refractivity contribution is -0.162. The van der Waals surface area contributed by atoms with Gasteiger partial charge in [0.15, 0.2) is 5.78 Å². The first kappa shape index (κ1) is 18.4. The molecule has 0 aromatic rings. The van der Waals surface area contributed by atoms with Crippen LogP contribution in [0.15, 0.2) is 23.3 Å². The van der Waals surface area contributed by atoms with Crippen molar-refractivity contribution in [3.8, 4) is 0 Å². The summed E-state index contributed by atoms with van der Waals surface area (Å²) in [5.74, 6) is -0.537. The van der Waals surface area contributed by atoms with Crippen molar-refractivity contribution in [2.24, 2.45) is 22.7 Å². The van der Waals surface area contributed by atoms with Crippen molar-refractivity contribution in [1.82, 2.24) is 0 Å². The minimum atomic E-state index is -1.58. The van der Waals surface area contributed by atoms with Crippen LogP contribution in [0.3, 0.4) is 0 Å². The molecule has 0 bridgehead atoms. The van der Waals surface area contributed by atoms with E-state index in [1.165, 1.54) is 5.57 Å². The highest BCUT2D eigenvalue weighted by molar-refractivity contribution is 5.89. The first-order chi connectivity index (χ1) is 12.2. The van der Waals surface area contributed by atoms with Gasteiger partial charge < -0.3 is 20.4 Å². The number of hydrogen-bond donors (Lipinski definition) is 4. The Morgan fingerprint density at radius 3 is 2.62 bits per heavy atom. The summed E-state index contributed by atoms with van der Waals surface area (Å²) < 4.78 is 0. The van der Waals surface area contributed by atoms with Crippen LogP contribution in [0.1, 0.15) is 52.4 Å². The van der Waals surface area contributed by atoms with Gasteiger partial charge in [0.25, 0.3) is 0 Å². The number of hydrogen-bond acceptors (Lipinski definition) is 5. The van der Waals surface area contributed by atoms with Crippen molar-refractivity contribution in [3.05, 3.63) is 23.3 Å². The predicted molar refractivity (Wildman–Crippen MR) is 96.1 cm³/mol. The number of aliphatic hydroxyl groups is 4. The van der Waals surface area contributed by atoms with Gasteiger partial charge >= 0.3 is 0 Å². The largest absolute Gasteiger partial charge is 0.393 e. The van der Waals surface area contributed by atoms with Crippen LogP contribution in [0.25, 0.3) is 0 Å². The molecule has 0 aliphatic heterocycles. The third-order valence-corrected chi connectivity index (χ3v) is 8.24. The van der Waals surface area contributed by atoms with Crippen LogP contribution in [0.5, 0.6) is 0 Å². The molecule has 5 heteroatoms. The van der Waals surface area contributed by atoms with E-state index in [-0.39, 0.29) is 23.4 Å². The van der Waals surface area contributed by atoms with E-state index >= 15 is 0 Å². The van der Waals surface area contributed by atoms with Crippen LogP contribution in [0.4, 0.5) is 0 Å². The molecule has 0 unspecified atom stereocenters. The second-order valence-electron chi connectivity index (χ2n) is 9.37. The average molecular weight is 362 g/mol. The molecule has 26 heavy (non-hydrogen) atoms. The fraction of sp³-hybridized carbons (Fsp3) is 0.762. The lowest BCUT2D eigenvalue weighted by atomic mass is 9.49. The van der Waals surface area contributed by atoms with Gasteiger partial charge in [0.1, 0.15) is 12.2 Å². The molecule has 0 spiro atoms. The van der Waals surface area contributed by atoms with Gasteiger partial charge in [-0.2, -0.15) is 0 Å². The maximum atomic E-state index is 12.3. The quantitative estimate of drug-likeness (QED) is 0.597. The van der Waals surface area contributed by atoms with Crippen LogP contribution >= 0.6 is 0 Å². The zero-order valence-corrected chi connectivity index (χ0v) is 15.6. The Labute approximate surface area is 154 Å². The fourth-order valence-corrected chi connectivity index (χ4v) is 6.71. The Morgan fingerprint density at radius 2 is 1.92 bits per heavy atom. The van der Waals surface area contributed by atoms with Crippen molar-refractivity contribution < 1.29 is 25.2 Å². The van der Waals surface area contributed by atoms with Gasteiger partial charge in [-0.1, -0.05) is 37.1 Å². The molecule has 3 saturated carbocycles. The number of fused-ring (bicyclic) bond motifs is 5. The summed E-state index contributed by atoms with van der Waals surface area (Å²) in [5.41, 5.74) is -0.175. The van der Waals surface area contributed by atoms with Crippen LogP contribution < -0.4 is 0 Å². The lowest BCUT2D eigenvalue weighted by Crippen LogP contribution is -2.59. The van der Waals surface area contributed by atoms with E-state index in [9.17, 15) is 25.2 Å². The summed E-state index contributed by atoms with van der Waals surface area (Å²) in [4.78, 5) is 12.3. The molecule has 4 N–H and O–H groups in total. The Morgan fingerprint density at radius 1 is 1.19 bits per heavy atom. The monoisotopic (exact) mass is 362 g/mol. The minimum Gasteiger partial charge on any atom is -0.393 e. The van der Waals surface area contributed by atoms with E-state index in [2.05, 4.69) is 19.1 Å². The highest BCUT2D eigenvalue weighted by Crippen LogP contribution is 2.65. The SMILES string of the molecule is C[C@]12CC[C@H](O)CC1=CC=C1[C@@H]2[C@H](O)C[C@@]2(C)[C@H]1CC[C@@]2(O)C(=O)CO. The van der Waals surface area contributed by atoms with Gasteiger partial charge in [0.2, 0.25) is 0 Å². The van der Waals surface area contributed by atoms with Gasteiger partial charge in [0.05, 0.1) is 12.2 Å². The molecule has 4 aliphatic carbocycles. The van der Waals surface area contributed by atoms with E-state index in [0.717, 1.165) is 18.4 Å². The molecule has 5 nitrogen and oxygen atoms in total. The highest BCUT2D eigenvalue weighted by Gasteiger charge is 2.66. The number of ketones is 1. The molecule has 0 amide bonds. The molecule has 144 valence electrons. The summed E-state index contributed by atoms with van der Waals surface area (Å²) in [6, 6.07) is 0. The Balaban J connectivity index is 1.78.